The van der Waals surface area contributed by atoms with Crippen LogP contribution in [0.3, 0.4) is 0 Å². The van der Waals surface area contributed by atoms with Crippen molar-refractivity contribution in [3.05, 3.63) is 70.3 Å². The second-order valence-corrected chi connectivity index (χ2v) is 5.29. The summed E-state index contributed by atoms with van der Waals surface area (Å²) in [4.78, 5) is 0. The standard InChI is InChI=1S/C21H18F2/c1-3-4-5-6-7-17-8-10-18(11-9-17)12-13-19-14-20(22)16(2)21(23)15-19/h8-11,14-15H,3-4,7H2,1-2H3. The molecule has 0 N–H and O–H groups in total. The average molecular weight is 308 g/mol. The van der Waals surface area contributed by atoms with E-state index in [4.69, 9.17) is 0 Å². The second-order valence-electron chi connectivity index (χ2n) is 5.29. The third-order valence-corrected chi connectivity index (χ3v) is 3.38. The average Bonchev–Trinajstić information content (AvgIpc) is 2.55. The molecule has 2 heteroatoms. The maximum atomic E-state index is 13.5. The van der Waals surface area contributed by atoms with Crippen LogP contribution in [-0.2, 0) is 6.42 Å². The van der Waals surface area contributed by atoms with Crippen LogP contribution in [0.4, 0.5) is 8.78 Å². The third-order valence-electron chi connectivity index (χ3n) is 3.38. The summed E-state index contributed by atoms with van der Waals surface area (Å²) in [5.74, 6) is 10.8. The summed E-state index contributed by atoms with van der Waals surface area (Å²) in [6.07, 6.45) is 2.72. The zero-order valence-corrected chi connectivity index (χ0v) is 13.3. The Bertz CT molecular complexity index is 771. The molecule has 0 bridgehead atoms. The third kappa shape index (κ3) is 4.97. The molecule has 2 aromatic rings. The monoisotopic (exact) mass is 308 g/mol. The van der Waals surface area contributed by atoms with E-state index >= 15 is 0 Å². The Morgan fingerprint density at radius 3 is 2.09 bits per heavy atom. The van der Waals surface area contributed by atoms with Crippen molar-refractivity contribution in [2.75, 3.05) is 0 Å². The molecule has 0 amide bonds. The van der Waals surface area contributed by atoms with Gasteiger partial charge in [0.25, 0.3) is 0 Å². The van der Waals surface area contributed by atoms with E-state index < -0.39 is 11.6 Å². The van der Waals surface area contributed by atoms with Gasteiger partial charge >= 0.3 is 0 Å². The minimum Gasteiger partial charge on any atom is -0.207 e. The van der Waals surface area contributed by atoms with E-state index in [1.54, 1.807) is 0 Å². The van der Waals surface area contributed by atoms with E-state index in [0.717, 1.165) is 30.4 Å². The first-order chi connectivity index (χ1) is 11.1. The van der Waals surface area contributed by atoms with E-state index in [0.29, 0.717) is 5.56 Å². The van der Waals surface area contributed by atoms with Crippen LogP contribution in [0, 0.1) is 42.2 Å². The number of hydrogen-bond acceptors (Lipinski definition) is 0. The lowest BCUT2D eigenvalue weighted by Gasteiger charge is -1.99. The van der Waals surface area contributed by atoms with Crippen molar-refractivity contribution in [2.45, 2.75) is 33.1 Å². The predicted octanol–water partition coefficient (Wildman–Crippen LogP) is 5.02. The van der Waals surface area contributed by atoms with Gasteiger partial charge in [0.1, 0.15) is 11.6 Å². The summed E-state index contributed by atoms with van der Waals surface area (Å²) >= 11 is 0. The fourth-order valence-electron chi connectivity index (χ4n) is 1.95. The molecule has 0 unspecified atom stereocenters. The van der Waals surface area contributed by atoms with Gasteiger partial charge in [0, 0.05) is 29.5 Å². The minimum absolute atomic E-state index is 0.0177. The van der Waals surface area contributed by atoms with E-state index in [1.165, 1.54) is 19.1 Å². The Kier molecular flexibility index (Phi) is 5.95. The van der Waals surface area contributed by atoms with Crippen LogP contribution in [0.15, 0.2) is 36.4 Å². The second kappa shape index (κ2) is 8.16. The molecule has 2 rings (SSSR count). The van der Waals surface area contributed by atoms with E-state index in [2.05, 4.69) is 30.6 Å². The maximum Gasteiger partial charge on any atom is 0.130 e. The molecule has 2 aromatic carbocycles. The van der Waals surface area contributed by atoms with Crippen LogP contribution in [0.2, 0.25) is 0 Å². The van der Waals surface area contributed by atoms with Gasteiger partial charge in [-0.05, 0) is 43.2 Å². The molecule has 23 heavy (non-hydrogen) atoms. The molecule has 0 saturated carbocycles. The molecule has 0 fully saturated rings. The van der Waals surface area contributed by atoms with E-state index in [-0.39, 0.29) is 5.56 Å². The molecule has 0 aliphatic rings. The number of hydrogen-bond donors (Lipinski definition) is 0. The molecular weight excluding hydrogens is 290 g/mol. The molecule has 0 heterocycles. The van der Waals surface area contributed by atoms with Crippen molar-refractivity contribution in [3.8, 4) is 23.7 Å². The lowest BCUT2D eigenvalue weighted by Crippen LogP contribution is -1.90. The Morgan fingerprint density at radius 2 is 1.48 bits per heavy atom. The molecular formula is C21H18F2. The fraction of sp³-hybridized carbons (Fsp3) is 0.238. The molecule has 0 radical (unpaired) electrons. The Labute approximate surface area is 136 Å². The molecule has 116 valence electrons. The summed E-state index contributed by atoms with van der Waals surface area (Å²) in [5, 5.41) is 0. The largest absolute Gasteiger partial charge is 0.207 e. The quantitative estimate of drug-likeness (QED) is 0.683. The highest BCUT2D eigenvalue weighted by molar-refractivity contribution is 5.44. The van der Waals surface area contributed by atoms with Crippen LogP contribution < -0.4 is 0 Å². The highest BCUT2D eigenvalue weighted by Gasteiger charge is 2.04. The summed E-state index contributed by atoms with van der Waals surface area (Å²) in [5.41, 5.74) is 2.28. The van der Waals surface area contributed by atoms with Crippen LogP contribution in [0.1, 0.15) is 42.0 Å². The van der Waals surface area contributed by atoms with Gasteiger partial charge in [-0.15, -0.1) is 5.92 Å². The molecule has 0 aliphatic carbocycles. The topological polar surface area (TPSA) is 0 Å². The van der Waals surface area contributed by atoms with Crippen molar-refractivity contribution >= 4 is 0 Å². The van der Waals surface area contributed by atoms with Crippen LogP contribution in [-0.4, -0.2) is 0 Å². The Hall–Kier alpha value is -2.58. The Balaban J connectivity index is 2.09. The highest BCUT2D eigenvalue weighted by atomic mass is 19.1. The first kappa shape index (κ1) is 16.8. The summed E-state index contributed by atoms with van der Waals surface area (Å²) in [7, 11) is 0. The zero-order chi connectivity index (χ0) is 16.7. The predicted molar refractivity (Wildman–Crippen MR) is 89.9 cm³/mol. The van der Waals surface area contributed by atoms with E-state index in [1.807, 2.05) is 24.3 Å². The number of halogens is 2. The summed E-state index contributed by atoms with van der Waals surface area (Å²) in [6, 6.07) is 10.2. The minimum atomic E-state index is -0.574. The smallest absolute Gasteiger partial charge is 0.130 e. The van der Waals surface area contributed by atoms with Crippen LogP contribution in [0.5, 0.6) is 0 Å². The van der Waals surface area contributed by atoms with Gasteiger partial charge in [-0.25, -0.2) is 8.78 Å². The lowest BCUT2D eigenvalue weighted by atomic mass is 10.1. The van der Waals surface area contributed by atoms with Gasteiger partial charge < -0.3 is 0 Å². The molecule has 0 atom stereocenters. The maximum absolute atomic E-state index is 13.5. The normalized spacial score (nSPS) is 9.57. The van der Waals surface area contributed by atoms with Crippen molar-refractivity contribution in [1.82, 2.24) is 0 Å². The first-order valence-corrected chi connectivity index (χ1v) is 7.62. The molecule has 0 aromatic heterocycles. The van der Waals surface area contributed by atoms with Crippen LogP contribution in [0.25, 0.3) is 0 Å². The molecule has 0 nitrogen and oxygen atoms in total. The van der Waals surface area contributed by atoms with Gasteiger partial charge in [0.15, 0.2) is 0 Å². The van der Waals surface area contributed by atoms with Crippen molar-refractivity contribution < 1.29 is 8.78 Å². The van der Waals surface area contributed by atoms with Gasteiger partial charge in [-0.1, -0.05) is 36.8 Å². The van der Waals surface area contributed by atoms with Gasteiger partial charge in [0.05, 0.1) is 0 Å². The van der Waals surface area contributed by atoms with Crippen molar-refractivity contribution in [1.29, 1.82) is 0 Å². The first-order valence-electron chi connectivity index (χ1n) is 7.62. The SMILES string of the molecule is CCCC#CCc1ccc(C#Cc2cc(F)c(C)c(F)c2)cc1. The molecule has 0 aliphatic heterocycles. The summed E-state index contributed by atoms with van der Waals surface area (Å²) in [6.45, 7) is 3.51. The van der Waals surface area contributed by atoms with Crippen molar-refractivity contribution in [3.63, 3.8) is 0 Å². The van der Waals surface area contributed by atoms with Crippen LogP contribution >= 0.6 is 0 Å². The molecule has 0 saturated heterocycles. The van der Waals surface area contributed by atoms with Gasteiger partial charge in [0.2, 0.25) is 0 Å². The number of benzene rings is 2. The Morgan fingerprint density at radius 1 is 0.870 bits per heavy atom. The zero-order valence-electron chi connectivity index (χ0n) is 13.3. The van der Waals surface area contributed by atoms with Gasteiger partial charge in [-0.2, -0.15) is 0 Å². The van der Waals surface area contributed by atoms with E-state index in [9.17, 15) is 8.78 Å². The van der Waals surface area contributed by atoms with Crippen molar-refractivity contribution in [2.24, 2.45) is 0 Å². The molecule has 0 spiro atoms. The highest BCUT2D eigenvalue weighted by Crippen LogP contribution is 2.13. The number of rotatable bonds is 2. The number of unbranched alkanes of at least 4 members (excludes halogenated alkanes) is 1. The summed E-state index contributed by atoms with van der Waals surface area (Å²) < 4.78 is 26.9. The van der Waals surface area contributed by atoms with Gasteiger partial charge in [-0.3, -0.25) is 0 Å². The lowest BCUT2D eigenvalue weighted by molar-refractivity contribution is 0.567. The fourth-order valence-corrected chi connectivity index (χ4v) is 1.95.